The highest BCUT2D eigenvalue weighted by Crippen LogP contribution is 1.69. The Bertz CT molecular complexity index is 92.9. The van der Waals surface area contributed by atoms with Crippen LogP contribution in [0.15, 0.2) is 0 Å². The molecule has 7 heavy (non-hydrogen) atoms. The lowest BCUT2D eigenvalue weighted by molar-refractivity contribution is -0.136. The Kier molecular flexibility index (Phi) is 2.47. The summed E-state index contributed by atoms with van der Waals surface area (Å²) in [5.74, 6) is -1.09. The number of hydrogen-bond acceptors (Lipinski definition) is 3. The fourth-order valence-electron chi connectivity index (χ4n) is 0.0582. The Balaban J connectivity index is 3.55. The van der Waals surface area contributed by atoms with Crippen molar-refractivity contribution in [2.45, 2.75) is 6.04 Å². The Hall–Kier alpha value is -0.480. The van der Waals surface area contributed by atoms with Gasteiger partial charge in [-0.15, -0.1) is 0 Å². The van der Waals surface area contributed by atoms with Gasteiger partial charge in [0.25, 0.3) is 0 Å². The molecule has 3 nitrogen and oxygen atoms in total. The second kappa shape index (κ2) is 2.65. The lowest BCUT2D eigenvalue weighted by Gasteiger charge is -1.91. The number of hydrogen-bond donors (Lipinski definition) is 2. The SMILES string of the molecule is NC(C=S)C(=O)O. The van der Waals surface area contributed by atoms with E-state index in [1.54, 1.807) is 0 Å². The highest BCUT2D eigenvalue weighted by molar-refractivity contribution is 7.79. The van der Waals surface area contributed by atoms with Crippen molar-refractivity contribution >= 4 is 23.6 Å². The normalized spacial score (nSPS) is 12.7. The summed E-state index contributed by atoms with van der Waals surface area (Å²) in [6.07, 6.45) is 0. The van der Waals surface area contributed by atoms with Crippen molar-refractivity contribution < 1.29 is 9.90 Å². The third-order valence-corrected chi connectivity index (χ3v) is 0.725. The Morgan fingerprint density at radius 2 is 2.43 bits per heavy atom. The molecule has 0 saturated heterocycles. The van der Waals surface area contributed by atoms with Crippen LogP contribution in [0.3, 0.4) is 0 Å². The van der Waals surface area contributed by atoms with Crippen LogP contribution in [0.5, 0.6) is 0 Å². The molecule has 3 N–H and O–H groups in total. The second-order valence-electron chi connectivity index (χ2n) is 1.00. The molecule has 0 fully saturated rings. The van der Waals surface area contributed by atoms with Gasteiger partial charge in [0.1, 0.15) is 6.04 Å². The van der Waals surface area contributed by atoms with Crippen LogP contribution in [0.25, 0.3) is 0 Å². The number of carboxylic acid groups (broad SMARTS) is 1. The number of carbonyl (C=O) groups is 1. The van der Waals surface area contributed by atoms with Crippen molar-refractivity contribution in [2.24, 2.45) is 5.73 Å². The number of carboxylic acids is 1. The van der Waals surface area contributed by atoms with E-state index in [1.165, 1.54) is 0 Å². The summed E-state index contributed by atoms with van der Waals surface area (Å²) in [5.41, 5.74) is 4.86. The molecule has 0 aromatic carbocycles. The van der Waals surface area contributed by atoms with Gasteiger partial charge in [0.15, 0.2) is 0 Å². The first-order valence-electron chi connectivity index (χ1n) is 1.62. The minimum absolute atomic E-state index is 0.991. The van der Waals surface area contributed by atoms with E-state index in [-0.39, 0.29) is 0 Å². The molecule has 0 aliphatic heterocycles. The van der Waals surface area contributed by atoms with Crippen LogP contribution >= 0.6 is 12.2 Å². The zero-order valence-corrected chi connectivity index (χ0v) is 4.31. The second-order valence-corrected chi connectivity index (χ2v) is 1.27. The fraction of sp³-hybridized carbons (Fsp3) is 0.333. The van der Waals surface area contributed by atoms with E-state index in [1.807, 2.05) is 0 Å². The number of aliphatic carboxylic acids is 1. The van der Waals surface area contributed by atoms with Gasteiger partial charge in [-0.3, -0.25) is 4.79 Å². The standard InChI is InChI=1S/C3H5NO2S/c4-2(1-7)3(5)6/h1-2H,4H2,(H,5,6). The van der Waals surface area contributed by atoms with Crippen LogP contribution in [0.2, 0.25) is 0 Å². The summed E-state index contributed by atoms with van der Waals surface area (Å²) >= 11 is 4.22. The van der Waals surface area contributed by atoms with E-state index < -0.39 is 12.0 Å². The Morgan fingerprint density at radius 3 is 2.43 bits per heavy atom. The van der Waals surface area contributed by atoms with Crippen molar-refractivity contribution in [3.05, 3.63) is 0 Å². The minimum Gasteiger partial charge on any atom is -0.480 e. The van der Waals surface area contributed by atoms with Gasteiger partial charge in [-0.05, 0) is 0 Å². The summed E-state index contributed by atoms with van der Waals surface area (Å²) in [7, 11) is 0. The minimum atomic E-state index is -1.09. The lowest BCUT2D eigenvalue weighted by Crippen LogP contribution is -2.30. The predicted octanol–water partition coefficient (Wildman–Crippen LogP) is -0.602. The molecule has 0 aromatic rings. The molecule has 0 aliphatic carbocycles. The highest BCUT2D eigenvalue weighted by atomic mass is 32.1. The molecule has 4 heteroatoms. The number of nitrogens with two attached hydrogens (primary N) is 1. The molecule has 0 radical (unpaired) electrons. The molecular weight excluding hydrogens is 114 g/mol. The summed E-state index contributed by atoms with van der Waals surface area (Å²) < 4.78 is 0. The average molecular weight is 119 g/mol. The predicted molar refractivity (Wildman–Crippen MR) is 29.3 cm³/mol. The molecule has 0 saturated carbocycles. The van der Waals surface area contributed by atoms with E-state index in [4.69, 9.17) is 10.8 Å². The maximum atomic E-state index is 9.71. The van der Waals surface area contributed by atoms with Gasteiger partial charge in [-0.1, -0.05) is 12.2 Å². The third kappa shape index (κ3) is 2.24. The zero-order valence-electron chi connectivity index (χ0n) is 3.50. The van der Waals surface area contributed by atoms with Crippen LogP contribution < -0.4 is 5.73 Å². The van der Waals surface area contributed by atoms with Crippen LogP contribution in [-0.2, 0) is 4.79 Å². The van der Waals surface area contributed by atoms with Crippen molar-refractivity contribution in [3.63, 3.8) is 0 Å². The summed E-state index contributed by atoms with van der Waals surface area (Å²) in [6, 6.07) is -0.991. The van der Waals surface area contributed by atoms with Gasteiger partial charge >= 0.3 is 5.97 Å². The van der Waals surface area contributed by atoms with Gasteiger partial charge in [0.2, 0.25) is 0 Å². The van der Waals surface area contributed by atoms with Gasteiger partial charge in [0.05, 0.1) is 0 Å². The van der Waals surface area contributed by atoms with Crippen LogP contribution in [-0.4, -0.2) is 22.5 Å². The lowest BCUT2D eigenvalue weighted by atomic mass is 10.4. The monoisotopic (exact) mass is 119 g/mol. The molecule has 0 amide bonds. The van der Waals surface area contributed by atoms with E-state index in [2.05, 4.69) is 12.2 Å². The van der Waals surface area contributed by atoms with Crippen molar-refractivity contribution in [3.8, 4) is 0 Å². The molecular formula is C3H5NO2S. The topological polar surface area (TPSA) is 63.3 Å². The largest absolute Gasteiger partial charge is 0.480 e. The van der Waals surface area contributed by atoms with E-state index in [0.717, 1.165) is 5.37 Å². The van der Waals surface area contributed by atoms with Crippen LogP contribution in [0, 0.1) is 0 Å². The third-order valence-electron chi connectivity index (χ3n) is 0.432. The molecule has 1 unspecified atom stereocenters. The zero-order chi connectivity index (χ0) is 5.86. The molecule has 0 bridgehead atoms. The summed E-state index contributed by atoms with van der Waals surface area (Å²) in [5, 5.41) is 8.96. The Morgan fingerprint density at radius 1 is 2.00 bits per heavy atom. The Labute approximate surface area is 46.1 Å². The average Bonchev–Trinajstić information content (AvgIpc) is 1.65. The molecule has 1 atom stereocenters. The summed E-state index contributed by atoms with van der Waals surface area (Å²) in [4.78, 5) is 9.71. The molecule has 0 aromatic heterocycles. The van der Waals surface area contributed by atoms with Gasteiger partial charge in [0, 0.05) is 5.37 Å². The van der Waals surface area contributed by atoms with Gasteiger partial charge in [-0.25, -0.2) is 0 Å². The molecule has 0 heterocycles. The molecule has 0 spiro atoms. The summed E-state index contributed by atoms with van der Waals surface area (Å²) in [6.45, 7) is 0. The number of rotatable bonds is 2. The van der Waals surface area contributed by atoms with Crippen LogP contribution in [0.1, 0.15) is 0 Å². The first-order valence-corrected chi connectivity index (χ1v) is 2.09. The smallest absolute Gasteiger partial charge is 0.325 e. The van der Waals surface area contributed by atoms with E-state index >= 15 is 0 Å². The fourth-order valence-corrected chi connectivity index (χ4v) is 0.175. The first kappa shape index (κ1) is 6.52. The molecule has 0 aliphatic rings. The highest BCUT2D eigenvalue weighted by Gasteiger charge is 2.04. The molecule has 40 valence electrons. The van der Waals surface area contributed by atoms with Gasteiger partial charge < -0.3 is 10.8 Å². The quantitative estimate of drug-likeness (QED) is 0.476. The maximum absolute atomic E-state index is 9.71. The maximum Gasteiger partial charge on any atom is 0.325 e. The van der Waals surface area contributed by atoms with Crippen molar-refractivity contribution in [2.75, 3.05) is 0 Å². The first-order chi connectivity index (χ1) is 3.18. The molecule has 0 rings (SSSR count). The van der Waals surface area contributed by atoms with E-state index in [0.29, 0.717) is 0 Å². The van der Waals surface area contributed by atoms with E-state index in [9.17, 15) is 4.79 Å². The van der Waals surface area contributed by atoms with Crippen molar-refractivity contribution in [1.82, 2.24) is 0 Å². The van der Waals surface area contributed by atoms with Crippen LogP contribution in [0.4, 0.5) is 0 Å². The van der Waals surface area contributed by atoms with Gasteiger partial charge in [-0.2, -0.15) is 0 Å². The van der Waals surface area contributed by atoms with Crippen molar-refractivity contribution in [1.29, 1.82) is 0 Å². The number of thiocarbonyl (C=S) groups is 1.